The van der Waals surface area contributed by atoms with E-state index in [0.29, 0.717) is 5.56 Å². The van der Waals surface area contributed by atoms with E-state index >= 15 is 0 Å². The highest BCUT2D eigenvalue weighted by molar-refractivity contribution is 5.77. The Morgan fingerprint density at radius 3 is 2.53 bits per heavy atom. The van der Waals surface area contributed by atoms with Crippen LogP contribution in [-0.4, -0.2) is 43.3 Å². The lowest BCUT2D eigenvalue weighted by Gasteiger charge is -2.35. The third-order valence-electron chi connectivity index (χ3n) is 3.10. The quantitative estimate of drug-likeness (QED) is 0.719. The zero-order valence-electron chi connectivity index (χ0n) is 9.93. The Balaban J connectivity index is 2.04. The predicted molar refractivity (Wildman–Crippen MR) is 66.3 cm³/mol. The number of aldehydes is 1. The fourth-order valence-corrected chi connectivity index (χ4v) is 2.07. The minimum Gasteiger partial charge on any atom is -0.368 e. The van der Waals surface area contributed by atoms with Gasteiger partial charge in [0, 0.05) is 44.4 Å². The molecule has 4 heteroatoms. The Morgan fingerprint density at radius 1 is 1.24 bits per heavy atom. The van der Waals surface area contributed by atoms with E-state index < -0.39 is 0 Å². The first kappa shape index (κ1) is 11.6. The lowest BCUT2D eigenvalue weighted by Crippen LogP contribution is -2.48. The molecule has 1 aliphatic heterocycles. The van der Waals surface area contributed by atoms with Crippen molar-refractivity contribution >= 4 is 17.9 Å². The van der Waals surface area contributed by atoms with Gasteiger partial charge in [-0.05, 0) is 12.1 Å². The molecule has 0 radical (unpaired) electrons. The molecule has 1 heterocycles. The monoisotopic (exact) mass is 232 g/mol. The van der Waals surface area contributed by atoms with Gasteiger partial charge in [0.1, 0.15) is 6.29 Å². The van der Waals surface area contributed by atoms with E-state index in [1.54, 1.807) is 13.0 Å². The molecule has 1 aromatic carbocycles. The fourth-order valence-electron chi connectivity index (χ4n) is 2.07. The minimum absolute atomic E-state index is 0.131. The number of rotatable bonds is 2. The second kappa shape index (κ2) is 4.99. The molecule has 0 saturated carbocycles. The van der Waals surface area contributed by atoms with Crippen LogP contribution in [0.2, 0.25) is 0 Å². The van der Waals surface area contributed by atoms with Gasteiger partial charge in [-0.2, -0.15) is 0 Å². The van der Waals surface area contributed by atoms with Crippen LogP contribution in [0.4, 0.5) is 5.69 Å². The number of hydrogen-bond donors (Lipinski definition) is 0. The van der Waals surface area contributed by atoms with Crippen LogP contribution in [-0.2, 0) is 4.79 Å². The number of amides is 1. The number of anilines is 1. The number of piperazine rings is 1. The highest BCUT2D eigenvalue weighted by Gasteiger charge is 2.18. The van der Waals surface area contributed by atoms with Crippen LogP contribution in [0.3, 0.4) is 0 Å². The molecule has 0 aromatic heterocycles. The van der Waals surface area contributed by atoms with Gasteiger partial charge in [0.2, 0.25) is 5.91 Å². The fraction of sp³-hybridized carbons (Fsp3) is 0.385. The van der Waals surface area contributed by atoms with E-state index in [1.165, 1.54) is 0 Å². The van der Waals surface area contributed by atoms with E-state index in [4.69, 9.17) is 0 Å². The Bertz CT molecular complexity index is 423. The first-order valence-electron chi connectivity index (χ1n) is 5.76. The molecule has 1 saturated heterocycles. The van der Waals surface area contributed by atoms with Gasteiger partial charge in [0.05, 0.1) is 0 Å². The van der Waals surface area contributed by atoms with Crippen LogP contribution in [0.15, 0.2) is 24.3 Å². The second-order valence-corrected chi connectivity index (χ2v) is 4.21. The average Bonchev–Trinajstić information content (AvgIpc) is 2.39. The van der Waals surface area contributed by atoms with Gasteiger partial charge in [0.25, 0.3) is 0 Å². The summed E-state index contributed by atoms with van der Waals surface area (Å²) in [4.78, 5) is 26.0. The van der Waals surface area contributed by atoms with Crippen LogP contribution >= 0.6 is 0 Å². The molecule has 0 bridgehead atoms. The summed E-state index contributed by atoms with van der Waals surface area (Å²) in [5.74, 6) is 0.131. The van der Waals surface area contributed by atoms with E-state index in [0.717, 1.165) is 38.2 Å². The number of benzene rings is 1. The molecule has 0 atom stereocenters. The van der Waals surface area contributed by atoms with Gasteiger partial charge in [-0.1, -0.05) is 12.1 Å². The van der Waals surface area contributed by atoms with Crippen molar-refractivity contribution in [2.75, 3.05) is 31.1 Å². The normalized spacial score (nSPS) is 15.8. The topological polar surface area (TPSA) is 40.6 Å². The van der Waals surface area contributed by atoms with Gasteiger partial charge in [0.15, 0.2) is 0 Å². The molecule has 1 aliphatic rings. The van der Waals surface area contributed by atoms with Crippen LogP contribution in [0.5, 0.6) is 0 Å². The van der Waals surface area contributed by atoms with Crippen LogP contribution in [0, 0.1) is 0 Å². The summed E-state index contributed by atoms with van der Waals surface area (Å²) in [6, 6.07) is 7.56. The minimum atomic E-state index is 0.131. The van der Waals surface area contributed by atoms with Gasteiger partial charge in [-0.15, -0.1) is 0 Å². The molecule has 1 amide bonds. The van der Waals surface area contributed by atoms with Crippen molar-refractivity contribution in [1.29, 1.82) is 0 Å². The summed E-state index contributed by atoms with van der Waals surface area (Å²) in [6.45, 7) is 4.74. The van der Waals surface area contributed by atoms with Crippen molar-refractivity contribution < 1.29 is 9.59 Å². The lowest BCUT2D eigenvalue weighted by molar-refractivity contribution is -0.129. The SMILES string of the molecule is CC(=O)N1CCN(c2cccc(C=O)c2)CC1. The van der Waals surface area contributed by atoms with Gasteiger partial charge >= 0.3 is 0 Å². The summed E-state index contributed by atoms with van der Waals surface area (Å²) in [7, 11) is 0. The third kappa shape index (κ3) is 2.64. The molecular weight excluding hydrogens is 216 g/mol. The highest BCUT2D eigenvalue weighted by Crippen LogP contribution is 2.17. The molecular formula is C13H16N2O2. The summed E-state index contributed by atoms with van der Waals surface area (Å²) in [5.41, 5.74) is 1.74. The maximum atomic E-state index is 11.2. The Kier molecular flexibility index (Phi) is 3.42. The molecule has 0 spiro atoms. The van der Waals surface area contributed by atoms with Crippen LogP contribution < -0.4 is 4.90 Å². The molecule has 0 unspecified atom stereocenters. The molecule has 4 nitrogen and oxygen atoms in total. The maximum absolute atomic E-state index is 11.2. The van der Waals surface area contributed by atoms with E-state index in [9.17, 15) is 9.59 Å². The highest BCUT2D eigenvalue weighted by atomic mass is 16.2. The van der Waals surface area contributed by atoms with Crippen molar-refractivity contribution in [2.24, 2.45) is 0 Å². The Labute approximate surface area is 101 Å². The number of carbonyl (C=O) groups excluding carboxylic acids is 2. The molecule has 0 aliphatic carbocycles. The Hall–Kier alpha value is -1.84. The zero-order valence-corrected chi connectivity index (χ0v) is 9.93. The van der Waals surface area contributed by atoms with Crippen molar-refractivity contribution in [3.63, 3.8) is 0 Å². The number of carbonyl (C=O) groups is 2. The maximum Gasteiger partial charge on any atom is 0.219 e. The van der Waals surface area contributed by atoms with Crippen molar-refractivity contribution in [1.82, 2.24) is 4.90 Å². The van der Waals surface area contributed by atoms with Gasteiger partial charge in [-0.25, -0.2) is 0 Å². The van der Waals surface area contributed by atoms with E-state index in [2.05, 4.69) is 4.90 Å². The first-order valence-corrected chi connectivity index (χ1v) is 5.76. The molecule has 2 rings (SSSR count). The van der Waals surface area contributed by atoms with E-state index in [1.807, 2.05) is 23.1 Å². The smallest absolute Gasteiger partial charge is 0.219 e. The van der Waals surface area contributed by atoms with Crippen LogP contribution in [0.25, 0.3) is 0 Å². The molecule has 0 N–H and O–H groups in total. The summed E-state index contributed by atoms with van der Waals surface area (Å²) in [6.07, 6.45) is 0.856. The first-order chi connectivity index (χ1) is 8.20. The average molecular weight is 232 g/mol. The summed E-state index contributed by atoms with van der Waals surface area (Å²) < 4.78 is 0. The predicted octanol–water partition coefficient (Wildman–Crippen LogP) is 1.17. The van der Waals surface area contributed by atoms with Crippen LogP contribution in [0.1, 0.15) is 17.3 Å². The third-order valence-corrected chi connectivity index (χ3v) is 3.10. The molecule has 17 heavy (non-hydrogen) atoms. The van der Waals surface area contributed by atoms with Crippen molar-refractivity contribution in [3.05, 3.63) is 29.8 Å². The molecule has 90 valence electrons. The summed E-state index contributed by atoms with van der Waals surface area (Å²) >= 11 is 0. The second-order valence-electron chi connectivity index (χ2n) is 4.21. The Morgan fingerprint density at radius 2 is 1.94 bits per heavy atom. The zero-order chi connectivity index (χ0) is 12.3. The lowest BCUT2D eigenvalue weighted by atomic mass is 10.2. The standard InChI is InChI=1S/C13H16N2O2/c1-11(17)14-5-7-15(8-6-14)13-4-2-3-12(9-13)10-16/h2-4,9-10H,5-8H2,1H3. The van der Waals surface area contributed by atoms with Crippen molar-refractivity contribution in [3.8, 4) is 0 Å². The van der Waals surface area contributed by atoms with Gasteiger partial charge in [-0.3, -0.25) is 9.59 Å². The van der Waals surface area contributed by atoms with Crippen molar-refractivity contribution in [2.45, 2.75) is 6.92 Å². The molecule has 1 fully saturated rings. The summed E-state index contributed by atoms with van der Waals surface area (Å²) in [5, 5.41) is 0. The number of nitrogens with zero attached hydrogens (tertiary/aromatic N) is 2. The largest absolute Gasteiger partial charge is 0.368 e. The molecule has 1 aromatic rings. The van der Waals surface area contributed by atoms with Gasteiger partial charge < -0.3 is 9.80 Å². The van der Waals surface area contributed by atoms with E-state index in [-0.39, 0.29) is 5.91 Å². The number of hydrogen-bond acceptors (Lipinski definition) is 3.